The van der Waals surface area contributed by atoms with Crippen LogP contribution in [0.4, 0.5) is 0 Å². The standard InChI is InChI=1S/C11H13BrN2O/c1-7-2-8(7)5-14-11(15)9-3-10(12)6-13-4-9/h3-4,6-8H,2,5H2,1H3,(H,14,15). The normalized spacial score (nSPS) is 23.6. The third-order valence-corrected chi connectivity index (χ3v) is 3.20. The molecular weight excluding hydrogens is 256 g/mol. The molecule has 0 bridgehead atoms. The van der Waals surface area contributed by atoms with Gasteiger partial charge in [0.05, 0.1) is 5.56 Å². The van der Waals surface area contributed by atoms with Crippen LogP contribution < -0.4 is 5.32 Å². The summed E-state index contributed by atoms with van der Waals surface area (Å²) in [6.45, 7) is 2.99. The highest BCUT2D eigenvalue weighted by Gasteiger charge is 2.32. The molecule has 1 N–H and O–H groups in total. The number of nitrogens with one attached hydrogen (secondary N) is 1. The molecule has 80 valence electrons. The van der Waals surface area contributed by atoms with Crippen molar-refractivity contribution in [1.82, 2.24) is 10.3 Å². The van der Waals surface area contributed by atoms with Gasteiger partial charge >= 0.3 is 0 Å². The van der Waals surface area contributed by atoms with E-state index in [1.54, 1.807) is 18.5 Å². The van der Waals surface area contributed by atoms with Crippen molar-refractivity contribution in [3.8, 4) is 0 Å². The monoisotopic (exact) mass is 268 g/mol. The average molecular weight is 269 g/mol. The minimum Gasteiger partial charge on any atom is -0.352 e. The lowest BCUT2D eigenvalue weighted by Gasteiger charge is -2.03. The van der Waals surface area contributed by atoms with E-state index in [1.165, 1.54) is 6.42 Å². The Hall–Kier alpha value is -0.900. The number of hydrogen-bond donors (Lipinski definition) is 1. The van der Waals surface area contributed by atoms with Crippen LogP contribution in [-0.2, 0) is 0 Å². The number of aromatic nitrogens is 1. The van der Waals surface area contributed by atoms with Gasteiger partial charge in [0, 0.05) is 23.4 Å². The minimum absolute atomic E-state index is 0.0390. The van der Waals surface area contributed by atoms with Crippen molar-refractivity contribution in [3.05, 3.63) is 28.5 Å². The molecule has 2 unspecified atom stereocenters. The second kappa shape index (κ2) is 4.31. The fourth-order valence-corrected chi connectivity index (χ4v) is 1.91. The molecule has 3 nitrogen and oxygen atoms in total. The second-order valence-corrected chi connectivity index (χ2v) is 4.99. The first-order valence-electron chi connectivity index (χ1n) is 5.05. The first-order chi connectivity index (χ1) is 7.16. The zero-order valence-corrected chi connectivity index (χ0v) is 10.1. The number of carbonyl (C=O) groups excluding carboxylic acids is 1. The number of carbonyl (C=O) groups is 1. The lowest BCUT2D eigenvalue weighted by molar-refractivity contribution is 0.0951. The minimum atomic E-state index is -0.0390. The summed E-state index contributed by atoms with van der Waals surface area (Å²) in [7, 11) is 0. The molecule has 0 spiro atoms. The third kappa shape index (κ3) is 2.78. The molecule has 1 aromatic heterocycles. The van der Waals surface area contributed by atoms with E-state index in [1.807, 2.05) is 0 Å². The molecule has 15 heavy (non-hydrogen) atoms. The summed E-state index contributed by atoms with van der Waals surface area (Å²) in [5.41, 5.74) is 0.609. The predicted molar refractivity (Wildman–Crippen MR) is 61.5 cm³/mol. The zero-order valence-electron chi connectivity index (χ0n) is 8.53. The number of rotatable bonds is 3. The van der Waals surface area contributed by atoms with Crippen molar-refractivity contribution < 1.29 is 4.79 Å². The summed E-state index contributed by atoms with van der Waals surface area (Å²) >= 11 is 3.29. The predicted octanol–water partition coefficient (Wildman–Crippen LogP) is 2.23. The van der Waals surface area contributed by atoms with Gasteiger partial charge in [-0.2, -0.15) is 0 Å². The molecule has 1 amide bonds. The summed E-state index contributed by atoms with van der Waals surface area (Å²) < 4.78 is 0.829. The van der Waals surface area contributed by atoms with Crippen LogP contribution in [0.15, 0.2) is 22.9 Å². The molecule has 1 saturated carbocycles. The molecule has 1 heterocycles. The molecule has 1 fully saturated rings. The molecule has 0 saturated heterocycles. The van der Waals surface area contributed by atoms with Gasteiger partial charge in [-0.1, -0.05) is 6.92 Å². The van der Waals surface area contributed by atoms with Crippen molar-refractivity contribution in [2.24, 2.45) is 11.8 Å². The summed E-state index contributed by atoms with van der Waals surface area (Å²) in [5, 5.41) is 2.92. The Morgan fingerprint density at radius 2 is 2.40 bits per heavy atom. The molecule has 0 aliphatic heterocycles. The fraction of sp³-hybridized carbons (Fsp3) is 0.455. The number of halogens is 1. The lowest BCUT2D eigenvalue weighted by Crippen LogP contribution is -2.25. The van der Waals surface area contributed by atoms with Crippen LogP contribution >= 0.6 is 15.9 Å². The zero-order chi connectivity index (χ0) is 10.8. The molecule has 1 aromatic rings. The quantitative estimate of drug-likeness (QED) is 0.914. The number of hydrogen-bond acceptors (Lipinski definition) is 2. The Morgan fingerprint density at radius 1 is 1.67 bits per heavy atom. The fourth-order valence-electron chi connectivity index (χ4n) is 1.55. The van der Waals surface area contributed by atoms with Crippen molar-refractivity contribution >= 4 is 21.8 Å². The average Bonchev–Trinajstić information content (AvgIpc) is 2.91. The van der Waals surface area contributed by atoms with Crippen LogP contribution in [0.1, 0.15) is 23.7 Å². The summed E-state index contributed by atoms with van der Waals surface area (Å²) in [6, 6.07) is 1.78. The van der Waals surface area contributed by atoms with Crippen LogP contribution in [-0.4, -0.2) is 17.4 Å². The molecule has 0 aromatic carbocycles. The van der Waals surface area contributed by atoms with E-state index in [0.29, 0.717) is 11.5 Å². The van der Waals surface area contributed by atoms with E-state index in [9.17, 15) is 4.79 Å². The van der Waals surface area contributed by atoms with Crippen LogP contribution in [0.25, 0.3) is 0 Å². The highest BCUT2D eigenvalue weighted by molar-refractivity contribution is 9.10. The van der Waals surface area contributed by atoms with Gasteiger partial charge in [-0.05, 0) is 40.3 Å². The first kappa shape index (κ1) is 10.6. The van der Waals surface area contributed by atoms with Gasteiger partial charge in [0.15, 0.2) is 0 Å². The Balaban J connectivity index is 1.90. The van der Waals surface area contributed by atoms with Crippen molar-refractivity contribution in [2.75, 3.05) is 6.54 Å². The van der Waals surface area contributed by atoms with Gasteiger partial charge in [-0.15, -0.1) is 0 Å². The van der Waals surface area contributed by atoms with Crippen molar-refractivity contribution in [2.45, 2.75) is 13.3 Å². The van der Waals surface area contributed by atoms with Gasteiger partial charge in [0.25, 0.3) is 5.91 Å². The Kier molecular flexibility index (Phi) is 3.05. The molecule has 2 atom stereocenters. The Morgan fingerprint density at radius 3 is 3.00 bits per heavy atom. The molecule has 0 radical (unpaired) electrons. The summed E-state index contributed by atoms with van der Waals surface area (Å²) in [5.74, 6) is 1.41. The topological polar surface area (TPSA) is 42.0 Å². The number of amides is 1. The van der Waals surface area contributed by atoms with E-state index in [0.717, 1.165) is 16.9 Å². The van der Waals surface area contributed by atoms with Crippen molar-refractivity contribution in [3.63, 3.8) is 0 Å². The van der Waals surface area contributed by atoms with Gasteiger partial charge in [-0.25, -0.2) is 0 Å². The molecular formula is C11H13BrN2O. The van der Waals surface area contributed by atoms with Crippen LogP contribution in [0.5, 0.6) is 0 Å². The SMILES string of the molecule is CC1CC1CNC(=O)c1cncc(Br)c1. The second-order valence-electron chi connectivity index (χ2n) is 4.07. The van der Waals surface area contributed by atoms with Crippen LogP contribution in [0, 0.1) is 11.8 Å². The maximum atomic E-state index is 11.7. The molecule has 1 aliphatic rings. The van der Waals surface area contributed by atoms with E-state index in [-0.39, 0.29) is 5.91 Å². The summed E-state index contributed by atoms with van der Waals surface area (Å²) in [6.07, 6.45) is 4.48. The van der Waals surface area contributed by atoms with Crippen LogP contribution in [0.3, 0.4) is 0 Å². The highest BCUT2D eigenvalue weighted by Crippen LogP contribution is 2.36. The van der Waals surface area contributed by atoms with Gasteiger partial charge in [-0.3, -0.25) is 9.78 Å². The molecule has 4 heteroatoms. The maximum absolute atomic E-state index is 11.7. The van der Waals surface area contributed by atoms with E-state index < -0.39 is 0 Å². The lowest BCUT2D eigenvalue weighted by atomic mass is 10.2. The van der Waals surface area contributed by atoms with Crippen LogP contribution in [0.2, 0.25) is 0 Å². The Bertz CT molecular complexity index is 381. The van der Waals surface area contributed by atoms with Crippen molar-refractivity contribution in [1.29, 1.82) is 0 Å². The van der Waals surface area contributed by atoms with Gasteiger partial charge in [0.1, 0.15) is 0 Å². The highest BCUT2D eigenvalue weighted by atomic mass is 79.9. The summed E-state index contributed by atoms with van der Waals surface area (Å²) in [4.78, 5) is 15.6. The van der Waals surface area contributed by atoms with E-state index in [2.05, 4.69) is 33.2 Å². The van der Waals surface area contributed by atoms with E-state index in [4.69, 9.17) is 0 Å². The first-order valence-corrected chi connectivity index (χ1v) is 5.85. The maximum Gasteiger partial charge on any atom is 0.252 e. The van der Waals surface area contributed by atoms with E-state index >= 15 is 0 Å². The number of pyridine rings is 1. The largest absolute Gasteiger partial charge is 0.352 e. The Labute approximate surface area is 97.4 Å². The van der Waals surface area contributed by atoms with Gasteiger partial charge < -0.3 is 5.32 Å². The molecule has 1 aliphatic carbocycles. The third-order valence-electron chi connectivity index (χ3n) is 2.77. The smallest absolute Gasteiger partial charge is 0.252 e. The molecule has 2 rings (SSSR count). The number of nitrogens with zero attached hydrogens (tertiary/aromatic N) is 1. The van der Waals surface area contributed by atoms with Gasteiger partial charge in [0.2, 0.25) is 0 Å².